The Morgan fingerprint density at radius 2 is 1.49 bits per heavy atom. The van der Waals surface area contributed by atoms with Crippen LogP contribution in [0.1, 0.15) is 18.9 Å². The Morgan fingerprint density at radius 1 is 0.914 bits per heavy atom. The van der Waals surface area contributed by atoms with E-state index in [0.717, 1.165) is 33.5 Å². The van der Waals surface area contributed by atoms with E-state index in [1.165, 1.54) is 24.3 Å². The molecule has 0 N–H and O–H groups in total. The van der Waals surface area contributed by atoms with Crippen molar-refractivity contribution in [1.29, 1.82) is 0 Å². The summed E-state index contributed by atoms with van der Waals surface area (Å²) in [6.45, 7) is 1.98. The maximum Gasteiger partial charge on any atom is 0.252 e. The van der Waals surface area contributed by atoms with E-state index >= 15 is 0 Å². The van der Waals surface area contributed by atoms with Crippen LogP contribution in [0.4, 0.5) is 14.5 Å². The van der Waals surface area contributed by atoms with Crippen molar-refractivity contribution in [2.45, 2.75) is 30.8 Å². The highest BCUT2D eigenvalue weighted by molar-refractivity contribution is 7.89. The van der Waals surface area contributed by atoms with E-state index in [-0.39, 0.29) is 23.5 Å². The Balaban J connectivity index is 1.71. The highest BCUT2D eigenvalue weighted by Gasteiger charge is 2.47. The molecule has 2 amide bonds. The molecule has 1 atom stereocenters. The minimum absolute atomic E-state index is 0.235. The lowest BCUT2D eigenvalue weighted by Gasteiger charge is -2.27. The maximum absolute atomic E-state index is 13.5. The summed E-state index contributed by atoms with van der Waals surface area (Å²) in [4.78, 5) is 27.0. The van der Waals surface area contributed by atoms with Crippen LogP contribution in [0.15, 0.2) is 77.7 Å². The number of rotatable bonds is 8. The minimum atomic E-state index is -4.33. The number of hydrogen-bond acceptors (Lipinski definition) is 5. The third kappa shape index (κ3) is 5.08. The fourth-order valence-corrected chi connectivity index (χ4v) is 5.41. The highest BCUT2D eigenvalue weighted by atomic mass is 32.2. The van der Waals surface area contributed by atoms with Crippen LogP contribution in [0, 0.1) is 11.6 Å². The molecule has 3 aromatic rings. The van der Waals surface area contributed by atoms with Crippen LogP contribution >= 0.6 is 0 Å². The van der Waals surface area contributed by atoms with E-state index in [0.29, 0.717) is 17.9 Å². The van der Waals surface area contributed by atoms with Gasteiger partial charge in [0, 0.05) is 6.54 Å². The second-order valence-electron chi connectivity index (χ2n) is 7.84. The third-order valence-electron chi connectivity index (χ3n) is 5.55. The van der Waals surface area contributed by atoms with E-state index in [4.69, 9.17) is 4.74 Å². The molecular weight excluding hydrogens is 478 g/mol. The van der Waals surface area contributed by atoms with Gasteiger partial charge in [-0.1, -0.05) is 12.1 Å². The number of carbonyl (C=O) groups excluding carboxylic acids is 2. The van der Waals surface area contributed by atoms with E-state index < -0.39 is 39.5 Å². The normalized spacial score (nSPS) is 16.2. The van der Waals surface area contributed by atoms with Gasteiger partial charge in [0.05, 0.1) is 23.6 Å². The van der Waals surface area contributed by atoms with Crippen LogP contribution in [-0.2, 0) is 26.2 Å². The summed E-state index contributed by atoms with van der Waals surface area (Å²) in [6.07, 6.45) is -0.381. The van der Waals surface area contributed by atoms with Crippen LogP contribution in [0.3, 0.4) is 0 Å². The third-order valence-corrected chi connectivity index (χ3v) is 7.42. The molecule has 3 aromatic carbocycles. The molecule has 182 valence electrons. The number of imide groups is 1. The molecule has 7 nitrogen and oxygen atoms in total. The van der Waals surface area contributed by atoms with E-state index in [1.807, 2.05) is 6.92 Å². The van der Waals surface area contributed by atoms with Gasteiger partial charge in [-0.15, -0.1) is 0 Å². The summed E-state index contributed by atoms with van der Waals surface area (Å²) in [5, 5.41) is 0. The van der Waals surface area contributed by atoms with Gasteiger partial charge in [-0.05, 0) is 73.2 Å². The fourth-order valence-electron chi connectivity index (χ4n) is 3.84. The molecule has 0 spiro atoms. The van der Waals surface area contributed by atoms with Gasteiger partial charge in [0.2, 0.25) is 15.9 Å². The number of halogens is 2. The number of ether oxygens (including phenoxy) is 1. The molecule has 0 bridgehead atoms. The Morgan fingerprint density at radius 3 is 2.06 bits per heavy atom. The highest BCUT2D eigenvalue weighted by Crippen LogP contribution is 2.31. The second-order valence-corrected chi connectivity index (χ2v) is 9.74. The first-order chi connectivity index (χ1) is 16.7. The van der Waals surface area contributed by atoms with Crippen molar-refractivity contribution in [1.82, 2.24) is 4.31 Å². The topological polar surface area (TPSA) is 84.0 Å². The summed E-state index contributed by atoms with van der Waals surface area (Å²) < 4.78 is 60.2. The molecule has 0 aliphatic carbocycles. The zero-order valence-electron chi connectivity index (χ0n) is 18.7. The number of carbonyl (C=O) groups is 2. The number of benzene rings is 3. The molecule has 0 saturated carbocycles. The summed E-state index contributed by atoms with van der Waals surface area (Å²) in [5.41, 5.74) is 0.698. The van der Waals surface area contributed by atoms with Crippen molar-refractivity contribution in [2.24, 2.45) is 0 Å². The number of anilines is 1. The van der Waals surface area contributed by atoms with Crippen LogP contribution in [0.5, 0.6) is 5.75 Å². The standard InChI is InChI=1S/C25H22F2N2O5S/c1-2-34-21-11-9-20(10-12-21)29-24(30)15-23(25(29)31)28(16-17-3-5-18(26)6-4-17)35(32,33)22-13-7-19(27)8-14-22/h3-14,23H,2,15-16H2,1H3. The molecule has 1 fully saturated rings. The van der Waals surface area contributed by atoms with Crippen molar-refractivity contribution in [3.8, 4) is 5.75 Å². The summed E-state index contributed by atoms with van der Waals surface area (Å²) in [7, 11) is -4.33. The Kier molecular flexibility index (Phi) is 6.95. The first-order valence-electron chi connectivity index (χ1n) is 10.8. The molecular formula is C25H22F2N2O5S. The van der Waals surface area contributed by atoms with Crippen molar-refractivity contribution >= 4 is 27.5 Å². The van der Waals surface area contributed by atoms with Gasteiger partial charge in [-0.3, -0.25) is 9.59 Å². The van der Waals surface area contributed by atoms with Gasteiger partial charge in [0.1, 0.15) is 23.4 Å². The van der Waals surface area contributed by atoms with Crippen molar-refractivity contribution in [2.75, 3.05) is 11.5 Å². The summed E-state index contributed by atoms with van der Waals surface area (Å²) in [5.74, 6) is -1.85. The number of sulfonamides is 1. The Bertz CT molecular complexity index is 1330. The summed E-state index contributed by atoms with van der Waals surface area (Å²) in [6, 6.07) is 14.3. The molecule has 0 aromatic heterocycles. The SMILES string of the molecule is CCOc1ccc(N2C(=O)CC(N(Cc3ccc(F)cc3)S(=O)(=O)c3ccc(F)cc3)C2=O)cc1. The van der Waals surface area contributed by atoms with Crippen LogP contribution in [0.2, 0.25) is 0 Å². The fraction of sp³-hybridized carbons (Fsp3) is 0.200. The quantitative estimate of drug-likeness (QED) is 0.439. The van der Waals surface area contributed by atoms with Crippen LogP contribution < -0.4 is 9.64 Å². The molecule has 10 heteroatoms. The molecule has 35 heavy (non-hydrogen) atoms. The first kappa shape index (κ1) is 24.5. The van der Waals surface area contributed by atoms with Gasteiger partial charge < -0.3 is 4.74 Å². The average molecular weight is 501 g/mol. The van der Waals surface area contributed by atoms with Crippen molar-refractivity contribution in [3.63, 3.8) is 0 Å². The minimum Gasteiger partial charge on any atom is -0.494 e. The molecule has 1 aliphatic heterocycles. The predicted octanol–water partition coefficient (Wildman–Crippen LogP) is 3.89. The lowest BCUT2D eigenvalue weighted by Crippen LogP contribution is -2.45. The van der Waals surface area contributed by atoms with Gasteiger partial charge >= 0.3 is 0 Å². The smallest absolute Gasteiger partial charge is 0.252 e. The molecule has 1 unspecified atom stereocenters. The van der Waals surface area contributed by atoms with Gasteiger partial charge in [-0.2, -0.15) is 4.31 Å². The molecule has 1 aliphatic rings. The maximum atomic E-state index is 13.5. The zero-order valence-corrected chi connectivity index (χ0v) is 19.5. The van der Waals surface area contributed by atoms with Gasteiger partial charge in [0.25, 0.3) is 5.91 Å². The first-order valence-corrected chi connectivity index (χ1v) is 12.3. The van der Waals surface area contributed by atoms with Gasteiger partial charge in [0.15, 0.2) is 0 Å². The van der Waals surface area contributed by atoms with E-state index in [1.54, 1.807) is 24.3 Å². The predicted molar refractivity (Wildman–Crippen MR) is 124 cm³/mol. The number of hydrogen-bond donors (Lipinski definition) is 0. The largest absolute Gasteiger partial charge is 0.494 e. The Hall–Kier alpha value is -3.63. The second kappa shape index (κ2) is 9.93. The Labute approximate surface area is 201 Å². The number of amides is 2. The lowest BCUT2D eigenvalue weighted by atomic mass is 10.2. The summed E-state index contributed by atoms with van der Waals surface area (Å²) >= 11 is 0. The van der Waals surface area contributed by atoms with Crippen LogP contribution in [0.25, 0.3) is 0 Å². The van der Waals surface area contributed by atoms with Crippen molar-refractivity contribution in [3.05, 3.63) is 90.0 Å². The van der Waals surface area contributed by atoms with E-state index in [2.05, 4.69) is 0 Å². The van der Waals surface area contributed by atoms with E-state index in [9.17, 15) is 26.8 Å². The lowest BCUT2D eigenvalue weighted by molar-refractivity contribution is -0.122. The molecule has 0 radical (unpaired) electrons. The van der Waals surface area contributed by atoms with Crippen LogP contribution in [-0.4, -0.2) is 37.2 Å². The molecule has 4 rings (SSSR count). The zero-order chi connectivity index (χ0) is 25.2. The van der Waals surface area contributed by atoms with Crippen molar-refractivity contribution < 1.29 is 31.5 Å². The molecule has 1 heterocycles. The number of nitrogens with zero attached hydrogens (tertiary/aromatic N) is 2. The average Bonchev–Trinajstić information content (AvgIpc) is 3.13. The monoisotopic (exact) mass is 500 g/mol. The van der Waals surface area contributed by atoms with Gasteiger partial charge in [-0.25, -0.2) is 22.1 Å². The molecule has 1 saturated heterocycles.